The van der Waals surface area contributed by atoms with Crippen LogP contribution in [0.25, 0.3) is 5.69 Å². The Hall–Kier alpha value is -1.88. The predicted molar refractivity (Wildman–Crippen MR) is 54.9 cm³/mol. The van der Waals surface area contributed by atoms with E-state index in [9.17, 15) is 4.79 Å². The van der Waals surface area contributed by atoms with Gasteiger partial charge in [-0.05, 0) is 18.2 Å². The van der Waals surface area contributed by atoms with E-state index >= 15 is 0 Å². The van der Waals surface area contributed by atoms with Gasteiger partial charge in [-0.3, -0.25) is 9.36 Å². The van der Waals surface area contributed by atoms with Gasteiger partial charge in [-0.2, -0.15) is 0 Å². The van der Waals surface area contributed by atoms with Crippen LogP contribution in [-0.2, 0) is 0 Å². The van der Waals surface area contributed by atoms with Gasteiger partial charge in [0, 0.05) is 5.69 Å². The van der Waals surface area contributed by atoms with Crippen molar-refractivity contribution in [3.05, 3.63) is 41.4 Å². The van der Waals surface area contributed by atoms with Gasteiger partial charge in [0.15, 0.2) is 0 Å². The average molecular weight is 223 g/mol. The van der Waals surface area contributed by atoms with Crippen LogP contribution in [0.3, 0.4) is 0 Å². The molecule has 2 rings (SSSR count). The Morgan fingerprint density at radius 2 is 2.00 bits per heavy atom. The molecule has 0 saturated carbocycles. The lowest BCUT2D eigenvalue weighted by Gasteiger charge is -2.04. The van der Waals surface area contributed by atoms with E-state index in [-0.39, 0.29) is 0 Å². The number of aromatic nitrogens is 3. The molecule has 1 amide bonds. The molecule has 0 radical (unpaired) electrons. The van der Waals surface area contributed by atoms with Crippen molar-refractivity contribution in [2.24, 2.45) is 5.73 Å². The highest BCUT2D eigenvalue weighted by atomic mass is 35.5. The lowest BCUT2D eigenvalue weighted by molar-refractivity contribution is 0.100. The molecule has 0 aliphatic heterocycles. The lowest BCUT2D eigenvalue weighted by Crippen LogP contribution is -2.11. The first-order valence-corrected chi connectivity index (χ1v) is 4.50. The third-order valence-corrected chi connectivity index (χ3v) is 2.25. The fraction of sp³-hybridized carbons (Fsp3) is 0. The lowest BCUT2D eigenvalue weighted by atomic mass is 10.2. The van der Waals surface area contributed by atoms with Crippen LogP contribution < -0.4 is 5.73 Å². The molecule has 0 aliphatic rings. The summed E-state index contributed by atoms with van der Waals surface area (Å²) in [6.45, 7) is 0. The van der Waals surface area contributed by atoms with Crippen LogP contribution in [0.15, 0.2) is 30.9 Å². The van der Waals surface area contributed by atoms with E-state index in [2.05, 4.69) is 10.2 Å². The molecule has 2 N–H and O–H groups in total. The highest BCUT2D eigenvalue weighted by Crippen LogP contribution is 2.19. The van der Waals surface area contributed by atoms with Crippen LogP contribution in [-0.4, -0.2) is 20.7 Å². The molecule has 1 heterocycles. The largest absolute Gasteiger partial charge is 0.366 e. The number of amides is 1. The Kier molecular flexibility index (Phi) is 2.39. The highest BCUT2D eigenvalue weighted by Gasteiger charge is 2.07. The van der Waals surface area contributed by atoms with Crippen molar-refractivity contribution in [3.63, 3.8) is 0 Å². The average Bonchev–Trinajstić information content (AvgIpc) is 2.69. The summed E-state index contributed by atoms with van der Waals surface area (Å²) in [5.74, 6) is -0.546. The summed E-state index contributed by atoms with van der Waals surface area (Å²) in [5, 5.41) is 7.64. The van der Waals surface area contributed by atoms with E-state index in [1.54, 1.807) is 22.8 Å². The molecule has 6 heteroatoms. The Bertz CT molecular complexity index is 495. The number of primary amides is 1. The van der Waals surface area contributed by atoms with Gasteiger partial charge in [-0.15, -0.1) is 10.2 Å². The molecule has 15 heavy (non-hydrogen) atoms. The number of nitrogens with zero attached hydrogens (tertiary/aromatic N) is 3. The zero-order chi connectivity index (χ0) is 10.8. The maximum absolute atomic E-state index is 10.9. The van der Waals surface area contributed by atoms with Gasteiger partial charge in [0.2, 0.25) is 5.91 Å². The Balaban J connectivity index is 2.47. The number of nitrogens with two attached hydrogens (primary N) is 1. The molecule has 0 aliphatic carbocycles. The standard InChI is InChI=1S/C9H7ClN4O/c10-8-3-6(14-4-12-13-5-14)1-2-7(8)9(11)15/h1-5H,(H2,11,15). The van der Waals surface area contributed by atoms with Crippen LogP contribution in [0, 0.1) is 0 Å². The summed E-state index contributed by atoms with van der Waals surface area (Å²) in [7, 11) is 0. The van der Waals surface area contributed by atoms with Crippen molar-refractivity contribution in [2.75, 3.05) is 0 Å². The number of rotatable bonds is 2. The summed E-state index contributed by atoms with van der Waals surface area (Å²) in [4.78, 5) is 10.9. The first-order chi connectivity index (χ1) is 7.18. The zero-order valence-electron chi connectivity index (χ0n) is 7.59. The van der Waals surface area contributed by atoms with Gasteiger partial charge >= 0.3 is 0 Å². The van der Waals surface area contributed by atoms with Crippen LogP contribution in [0.5, 0.6) is 0 Å². The van der Waals surface area contributed by atoms with E-state index in [0.717, 1.165) is 5.69 Å². The molecule has 2 aromatic rings. The van der Waals surface area contributed by atoms with E-state index in [0.29, 0.717) is 10.6 Å². The van der Waals surface area contributed by atoms with Gasteiger partial charge in [0.1, 0.15) is 12.7 Å². The summed E-state index contributed by atoms with van der Waals surface area (Å²) in [6.07, 6.45) is 3.07. The minimum absolute atomic E-state index is 0.300. The van der Waals surface area contributed by atoms with Crippen LogP contribution in [0.2, 0.25) is 5.02 Å². The first-order valence-electron chi connectivity index (χ1n) is 4.13. The molecule has 0 spiro atoms. The summed E-state index contributed by atoms with van der Waals surface area (Å²) in [5.41, 5.74) is 6.20. The van der Waals surface area contributed by atoms with Gasteiger partial charge in [0.25, 0.3) is 0 Å². The van der Waals surface area contributed by atoms with Crippen molar-refractivity contribution in [2.45, 2.75) is 0 Å². The molecule has 0 fully saturated rings. The molecule has 0 saturated heterocycles. The number of hydrogen-bond donors (Lipinski definition) is 1. The van der Waals surface area contributed by atoms with Crippen molar-refractivity contribution in [1.29, 1.82) is 0 Å². The number of benzene rings is 1. The fourth-order valence-electron chi connectivity index (χ4n) is 1.20. The summed E-state index contributed by atoms with van der Waals surface area (Å²) < 4.78 is 1.68. The smallest absolute Gasteiger partial charge is 0.250 e. The third-order valence-electron chi connectivity index (χ3n) is 1.94. The van der Waals surface area contributed by atoms with Crippen molar-refractivity contribution in [3.8, 4) is 5.69 Å². The molecule has 5 nitrogen and oxygen atoms in total. The molecule has 1 aromatic carbocycles. The monoisotopic (exact) mass is 222 g/mol. The van der Waals surface area contributed by atoms with E-state index in [1.165, 1.54) is 12.7 Å². The van der Waals surface area contributed by atoms with Crippen molar-refractivity contribution in [1.82, 2.24) is 14.8 Å². The van der Waals surface area contributed by atoms with Crippen LogP contribution in [0.4, 0.5) is 0 Å². The van der Waals surface area contributed by atoms with Gasteiger partial charge in [-0.25, -0.2) is 0 Å². The molecular formula is C9H7ClN4O. The van der Waals surface area contributed by atoms with Crippen molar-refractivity contribution >= 4 is 17.5 Å². The number of carbonyl (C=O) groups is 1. The van der Waals surface area contributed by atoms with E-state index in [4.69, 9.17) is 17.3 Å². The third kappa shape index (κ3) is 1.82. The SMILES string of the molecule is NC(=O)c1ccc(-n2cnnc2)cc1Cl. The van der Waals surface area contributed by atoms with Crippen LogP contribution in [0.1, 0.15) is 10.4 Å². The molecule has 0 bridgehead atoms. The Morgan fingerprint density at radius 3 is 2.53 bits per heavy atom. The second-order valence-electron chi connectivity index (χ2n) is 2.90. The highest BCUT2D eigenvalue weighted by molar-refractivity contribution is 6.34. The summed E-state index contributed by atoms with van der Waals surface area (Å²) >= 11 is 5.89. The fourth-order valence-corrected chi connectivity index (χ4v) is 1.47. The van der Waals surface area contributed by atoms with E-state index in [1.807, 2.05) is 0 Å². The quantitative estimate of drug-likeness (QED) is 0.825. The number of hydrogen-bond acceptors (Lipinski definition) is 3. The Labute approximate surface area is 90.5 Å². The van der Waals surface area contributed by atoms with Gasteiger partial charge < -0.3 is 5.73 Å². The van der Waals surface area contributed by atoms with Gasteiger partial charge in [-0.1, -0.05) is 11.6 Å². The van der Waals surface area contributed by atoms with Gasteiger partial charge in [0.05, 0.1) is 10.6 Å². The first kappa shape index (κ1) is 9.67. The molecular weight excluding hydrogens is 216 g/mol. The minimum Gasteiger partial charge on any atom is -0.366 e. The second kappa shape index (κ2) is 3.70. The second-order valence-corrected chi connectivity index (χ2v) is 3.30. The Morgan fingerprint density at radius 1 is 1.33 bits per heavy atom. The molecule has 0 unspecified atom stereocenters. The normalized spacial score (nSPS) is 10.2. The number of halogens is 1. The predicted octanol–water partition coefficient (Wildman–Crippen LogP) is 1.02. The zero-order valence-corrected chi connectivity index (χ0v) is 8.35. The molecule has 0 atom stereocenters. The van der Waals surface area contributed by atoms with Crippen LogP contribution >= 0.6 is 11.6 Å². The maximum atomic E-state index is 10.9. The topological polar surface area (TPSA) is 73.8 Å². The summed E-state index contributed by atoms with van der Waals surface area (Å²) in [6, 6.07) is 4.92. The number of carbonyl (C=O) groups excluding carboxylic acids is 1. The molecule has 76 valence electrons. The molecule has 1 aromatic heterocycles. The minimum atomic E-state index is -0.546. The maximum Gasteiger partial charge on any atom is 0.250 e. The van der Waals surface area contributed by atoms with E-state index < -0.39 is 5.91 Å². The van der Waals surface area contributed by atoms with Crippen molar-refractivity contribution < 1.29 is 4.79 Å².